The van der Waals surface area contributed by atoms with Crippen molar-refractivity contribution in [3.63, 3.8) is 0 Å². The molecule has 0 unspecified atom stereocenters. The molecule has 0 bridgehead atoms. The van der Waals surface area contributed by atoms with Gasteiger partial charge in [-0.15, -0.1) is 21.5 Å². The van der Waals surface area contributed by atoms with Crippen molar-refractivity contribution in [2.45, 2.75) is 30.5 Å². The van der Waals surface area contributed by atoms with E-state index in [-0.39, 0.29) is 11.7 Å². The molecule has 2 heterocycles. The number of nitrogens with zero attached hydrogens (tertiary/aromatic N) is 2. The summed E-state index contributed by atoms with van der Waals surface area (Å²) in [5.74, 6) is -0.444. The summed E-state index contributed by atoms with van der Waals surface area (Å²) >= 11 is 4.19. The molecule has 24 heavy (non-hydrogen) atoms. The van der Waals surface area contributed by atoms with E-state index in [1.54, 1.807) is 0 Å². The summed E-state index contributed by atoms with van der Waals surface area (Å²) in [5, 5.41) is 15.2. The van der Waals surface area contributed by atoms with Crippen LogP contribution in [0, 0.1) is 0 Å². The van der Waals surface area contributed by atoms with Crippen LogP contribution in [0.5, 0.6) is 0 Å². The number of hydrogen-bond donors (Lipinski definition) is 3. The molecule has 1 aliphatic rings. The van der Waals surface area contributed by atoms with E-state index >= 15 is 0 Å². The Bertz CT molecular complexity index is 771. The van der Waals surface area contributed by atoms with Gasteiger partial charge in [-0.3, -0.25) is 9.59 Å². The van der Waals surface area contributed by atoms with Gasteiger partial charge in [-0.05, 0) is 31.7 Å². The minimum atomic E-state index is -0.475. The van der Waals surface area contributed by atoms with E-state index < -0.39 is 5.91 Å². The maximum Gasteiger partial charge on any atom is 0.251 e. The normalized spacial score (nSPS) is 12.9. The van der Waals surface area contributed by atoms with Crippen LogP contribution in [0.25, 0.3) is 0 Å². The molecule has 0 fully saturated rings. The fraction of sp³-hybridized carbons (Fsp3) is 0.429. The van der Waals surface area contributed by atoms with Crippen LogP contribution in [0.2, 0.25) is 0 Å². The smallest absolute Gasteiger partial charge is 0.251 e. The fourth-order valence-corrected chi connectivity index (χ4v) is 5.46. The molecule has 2 aromatic heterocycles. The third-order valence-corrected chi connectivity index (χ3v) is 6.70. The molecule has 0 atom stereocenters. The molecule has 0 spiro atoms. The maximum absolute atomic E-state index is 12.2. The second kappa shape index (κ2) is 7.49. The standard InChI is InChI=1S/C14H17N5O2S3/c1-2-16-13-18-19-14(24-13)22-6-9(20)17-12-10(11(15)21)7-4-3-5-8(7)23-12/h2-6H2,1H3,(H2,15,21)(H,16,18)(H,17,20). The van der Waals surface area contributed by atoms with Gasteiger partial charge in [-0.1, -0.05) is 23.1 Å². The first kappa shape index (κ1) is 17.2. The van der Waals surface area contributed by atoms with E-state index in [2.05, 4.69) is 20.8 Å². The van der Waals surface area contributed by atoms with Crippen molar-refractivity contribution in [3.8, 4) is 0 Å². The van der Waals surface area contributed by atoms with E-state index in [0.717, 1.165) is 45.7 Å². The third kappa shape index (κ3) is 3.70. The van der Waals surface area contributed by atoms with Gasteiger partial charge in [0, 0.05) is 11.4 Å². The van der Waals surface area contributed by atoms with Crippen LogP contribution in [0.3, 0.4) is 0 Å². The molecule has 128 valence electrons. The lowest BCUT2D eigenvalue weighted by atomic mass is 10.1. The molecule has 0 aromatic carbocycles. The topological polar surface area (TPSA) is 110 Å². The van der Waals surface area contributed by atoms with Crippen molar-refractivity contribution in [2.75, 3.05) is 22.9 Å². The van der Waals surface area contributed by atoms with Crippen LogP contribution in [0.1, 0.15) is 34.1 Å². The molecule has 0 aliphatic heterocycles. The predicted octanol–water partition coefficient (Wildman–Crippen LogP) is 2.35. The zero-order chi connectivity index (χ0) is 17.1. The summed E-state index contributed by atoms with van der Waals surface area (Å²) in [5.41, 5.74) is 6.98. The molecule has 0 saturated heterocycles. The Labute approximate surface area is 151 Å². The average Bonchev–Trinajstić information content (AvgIpc) is 3.20. The van der Waals surface area contributed by atoms with Crippen LogP contribution in [-0.4, -0.2) is 34.3 Å². The number of rotatable bonds is 7. The molecule has 7 nitrogen and oxygen atoms in total. The van der Waals surface area contributed by atoms with Crippen molar-refractivity contribution in [2.24, 2.45) is 5.73 Å². The number of carbonyl (C=O) groups is 2. The fourth-order valence-electron chi connectivity index (χ4n) is 2.53. The number of anilines is 2. The minimum Gasteiger partial charge on any atom is -0.365 e. The molecule has 2 aromatic rings. The van der Waals surface area contributed by atoms with Gasteiger partial charge < -0.3 is 16.4 Å². The van der Waals surface area contributed by atoms with Crippen molar-refractivity contribution < 1.29 is 9.59 Å². The predicted molar refractivity (Wildman–Crippen MR) is 98.3 cm³/mol. The Morgan fingerprint density at radius 2 is 2.12 bits per heavy atom. The number of thioether (sulfide) groups is 1. The van der Waals surface area contributed by atoms with Gasteiger partial charge in [-0.2, -0.15) is 0 Å². The van der Waals surface area contributed by atoms with Crippen LogP contribution >= 0.6 is 34.4 Å². The molecular formula is C14H17N5O2S3. The molecule has 10 heteroatoms. The van der Waals surface area contributed by atoms with Crippen LogP contribution in [0.15, 0.2) is 4.34 Å². The molecule has 0 radical (unpaired) electrons. The van der Waals surface area contributed by atoms with Crippen LogP contribution in [0.4, 0.5) is 10.1 Å². The van der Waals surface area contributed by atoms with E-state index in [1.807, 2.05) is 6.92 Å². The Morgan fingerprint density at radius 1 is 1.29 bits per heavy atom. The largest absolute Gasteiger partial charge is 0.365 e. The van der Waals surface area contributed by atoms with Gasteiger partial charge in [0.05, 0.1) is 11.3 Å². The summed E-state index contributed by atoms with van der Waals surface area (Å²) in [4.78, 5) is 25.1. The zero-order valence-electron chi connectivity index (χ0n) is 13.0. The van der Waals surface area contributed by atoms with Crippen molar-refractivity contribution in [3.05, 3.63) is 16.0 Å². The highest BCUT2D eigenvalue weighted by Gasteiger charge is 2.26. The summed E-state index contributed by atoms with van der Waals surface area (Å²) in [6.07, 6.45) is 2.84. The number of carbonyl (C=O) groups excluding carboxylic acids is 2. The maximum atomic E-state index is 12.2. The summed E-state index contributed by atoms with van der Waals surface area (Å²) in [7, 11) is 0. The lowest BCUT2D eigenvalue weighted by Crippen LogP contribution is -2.18. The SMILES string of the molecule is CCNc1nnc(SCC(=O)Nc2sc3c(c2C(N)=O)CCC3)s1. The monoisotopic (exact) mass is 383 g/mol. The Balaban J connectivity index is 1.62. The van der Waals surface area contributed by atoms with Crippen LogP contribution in [-0.2, 0) is 17.6 Å². The van der Waals surface area contributed by atoms with Gasteiger partial charge in [0.25, 0.3) is 5.91 Å². The number of hydrogen-bond acceptors (Lipinski definition) is 8. The molecular weight excluding hydrogens is 366 g/mol. The van der Waals surface area contributed by atoms with Gasteiger partial charge in [-0.25, -0.2) is 0 Å². The zero-order valence-corrected chi connectivity index (χ0v) is 15.5. The summed E-state index contributed by atoms with van der Waals surface area (Å²) in [6.45, 7) is 2.76. The number of nitrogens with two attached hydrogens (primary N) is 1. The third-order valence-electron chi connectivity index (χ3n) is 3.48. The molecule has 0 saturated carbocycles. The van der Waals surface area contributed by atoms with E-state index in [0.29, 0.717) is 10.6 Å². The highest BCUT2D eigenvalue weighted by Crippen LogP contribution is 2.39. The number of fused-ring (bicyclic) bond motifs is 1. The van der Waals surface area contributed by atoms with Crippen molar-refractivity contribution in [1.82, 2.24) is 10.2 Å². The van der Waals surface area contributed by atoms with Gasteiger partial charge in [0.15, 0.2) is 4.34 Å². The first-order valence-corrected chi connectivity index (χ1v) is 10.1. The quantitative estimate of drug-likeness (QED) is 0.633. The molecule has 4 N–H and O–H groups in total. The van der Waals surface area contributed by atoms with Gasteiger partial charge >= 0.3 is 0 Å². The molecule has 1 aliphatic carbocycles. The lowest BCUT2D eigenvalue weighted by molar-refractivity contribution is -0.113. The van der Waals surface area contributed by atoms with E-state index in [4.69, 9.17) is 5.73 Å². The Morgan fingerprint density at radius 3 is 2.88 bits per heavy atom. The van der Waals surface area contributed by atoms with Crippen molar-refractivity contribution in [1.29, 1.82) is 0 Å². The molecule has 3 rings (SSSR count). The number of thiophene rings is 1. The second-order valence-electron chi connectivity index (χ2n) is 5.17. The van der Waals surface area contributed by atoms with Gasteiger partial charge in [0.2, 0.25) is 11.0 Å². The van der Waals surface area contributed by atoms with Crippen molar-refractivity contribution >= 4 is 56.4 Å². The highest BCUT2D eigenvalue weighted by atomic mass is 32.2. The highest BCUT2D eigenvalue weighted by molar-refractivity contribution is 8.01. The Hall–Kier alpha value is -1.65. The van der Waals surface area contributed by atoms with Gasteiger partial charge in [0.1, 0.15) is 5.00 Å². The van der Waals surface area contributed by atoms with Crippen LogP contribution < -0.4 is 16.4 Å². The second-order valence-corrected chi connectivity index (χ2v) is 8.47. The summed E-state index contributed by atoms with van der Waals surface area (Å²) < 4.78 is 0.727. The van der Waals surface area contributed by atoms with E-state index in [1.165, 1.54) is 34.4 Å². The first-order chi connectivity index (χ1) is 11.6. The Kier molecular flexibility index (Phi) is 5.36. The number of amides is 2. The minimum absolute atomic E-state index is 0.178. The number of nitrogens with one attached hydrogen (secondary N) is 2. The number of aromatic nitrogens is 2. The first-order valence-electron chi connectivity index (χ1n) is 7.52. The van der Waals surface area contributed by atoms with E-state index in [9.17, 15) is 9.59 Å². The average molecular weight is 384 g/mol. The molecule has 2 amide bonds. The summed E-state index contributed by atoms with van der Waals surface area (Å²) in [6, 6.07) is 0. The number of aryl methyl sites for hydroxylation is 1. The number of primary amides is 1. The lowest BCUT2D eigenvalue weighted by Gasteiger charge is -2.05.